The highest BCUT2D eigenvalue weighted by Crippen LogP contribution is 2.48. The van der Waals surface area contributed by atoms with E-state index in [-0.39, 0.29) is 6.17 Å². The van der Waals surface area contributed by atoms with Crippen LogP contribution in [-0.2, 0) is 0 Å². The molecule has 0 spiro atoms. The zero-order valence-electron chi connectivity index (χ0n) is 43.6. The Morgan fingerprint density at radius 2 is 0.863 bits per heavy atom. The summed E-state index contributed by atoms with van der Waals surface area (Å²) in [5.74, 6) is 0.920. The highest BCUT2D eigenvalue weighted by Gasteiger charge is 2.31. The number of aromatic nitrogens is 2. The van der Waals surface area contributed by atoms with Crippen LogP contribution in [0.5, 0.6) is 0 Å². The molecule has 0 bridgehead atoms. The Labute approximate surface area is 464 Å². The molecule has 0 radical (unpaired) electrons. The number of hydrogen-bond acceptors (Lipinski definition) is 5. The van der Waals surface area contributed by atoms with E-state index in [1.807, 2.05) is 18.2 Å². The van der Waals surface area contributed by atoms with Crippen LogP contribution < -0.4 is 15.1 Å². The molecule has 1 atom stereocenters. The fourth-order valence-corrected chi connectivity index (χ4v) is 11.7. The van der Waals surface area contributed by atoms with Gasteiger partial charge in [0.2, 0.25) is 0 Å². The Morgan fingerprint density at radius 1 is 0.362 bits per heavy atom. The first kappa shape index (κ1) is 46.6. The van der Waals surface area contributed by atoms with Crippen molar-refractivity contribution >= 4 is 67.1 Å². The van der Waals surface area contributed by atoms with Gasteiger partial charge in [0.15, 0.2) is 0 Å². The number of para-hydroxylation sites is 3. The molecule has 14 aromatic rings. The van der Waals surface area contributed by atoms with E-state index < -0.39 is 0 Å². The molecule has 2 aromatic heterocycles. The highest BCUT2D eigenvalue weighted by molar-refractivity contribution is 6.06. The fourth-order valence-electron chi connectivity index (χ4n) is 11.7. The van der Waals surface area contributed by atoms with Crippen molar-refractivity contribution in [2.45, 2.75) is 6.17 Å². The largest absolute Gasteiger partial charge is 0.456 e. The number of anilines is 6. The second kappa shape index (κ2) is 19.7. The third kappa shape index (κ3) is 8.44. The molecule has 1 aliphatic heterocycles. The molecule has 0 fully saturated rings. The lowest BCUT2D eigenvalue weighted by Gasteiger charge is -2.27. The summed E-state index contributed by atoms with van der Waals surface area (Å²) >= 11 is 0. The van der Waals surface area contributed by atoms with Gasteiger partial charge in [0.25, 0.3) is 0 Å². The van der Waals surface area contributed by atoms with E-state index in [4.69, 9.17) is 9.40 Å². The number of fused-ring (bicyclic) bond motifs is 5. The third-order valence-corrected chi connectivity index (χ3v) is 15.6. The van der Waals surface area contributed by atoms with E-state index in [1.165, 1.54) is 5.56 Å². The average molecular weight is 1030 g/mol. The Hall–Kier alpha value is -10.7. The van der Waals surface area contributed by atoms with E-state index in [0.29, 0.717) is 0 Å². The molecule has 378 valence electrons. The quantitative estimate of drug-likeness (QED) is 0.140. The van der Waals surface area contributed by atoms with E-state index in [9.17, 15) is 0 Å². The van der Waals surface area contributed by atoms with Crippen molar-refractivity contribution in [1.29, 1.82) is 0 Å². The van der Waals surface area contributed by atoms with Gasteiger partial charge in [0, 0.05) is 50.8 Å². The van der Waals surface area contributed by atoms with Gasteiger partial charge in [-0.25, -0.2) is 4.98 Å². The van der Waals surface area contributed by atoms with Crippen LogP contribution in [-0.4, -0.2) is 9.55 Å². The van der Waals surface area contributed by atoms with Gasteiger partial charge in [-0.3, -0.25) is 4.57 Å². The van der Waals surface area contributed by atoms with Gasteiger partial charge in [-0.15, -0.1) is 0 Å². The molecular weight excluding hydrogens is 975 g/mol. The van der Waals surface area contributed by atoms with E-state index in [2.05, 4.69) is 299 Å². The van der Waals surface area contributed by atoms with E-state index >= 15 is 0 Å². The molecule has 1 aliphatic rings. The van der Waals surface area contributed by atoms with Gasteiger partial charge >= 0.3 is 0 Å². The number of nitrogens with zero attached hydrogens (tertiary/aromatic N) is 4. The minimum atomic E-state index is -0.0233. The molecule has 0 aliphatic carbocycles. The number of rotatable bonds is 11. The first-order valence-electron chi connectivity index (χ1n) is 27.2. The van der Waals surface area contributed by atoms with Crippen molar-refractivity contribution in [3.8, 4) is 61.6 Å². The van der Waals surface area contributed by atoms with Crippen LogP contribution in [0.4, 0.5) is 34.1 Å². The lowest BCUT2D eigenvalue weighted by molar-refractivity contribution is 0.669. The summed E-state index contributed by atoms with van der Waals surface area (Å²) in [4.78, 5) is 9.95. The molecule has 1 N–H and O–H groups in total. The highest BCUT2D eigenvalue weighted by atomic mass is 16.3. The predicted molar refractivity (Wildman–Crippen MR) is 332 cm³/mol. The lowest BCUT2D eigenvalue weighted by atomic mass is 9.98. The van der Waals surface area contributed by atoms with Crippen molar-refractivity contribution in [3.63, 3.8) is 0 Å². The van der Waals surface area contributed by atoms with E-state index in [0.717, 1.165) is 129 Å². The van der Waals surface area contributed by atoms with Crippen molar-refractivity contribution in [3.05, 3.63) is 303 Å². The van der Waals surface area contributed by atoms with Gasteiger partial charge in [0.05, 0.1) is 22.4 Å². The second-order valence-electron chi connectivity index (χ2n) is 20.4. The Bertz CT molecular complexity index is 4550. The first-order chi connectivity index (χ1) is 39.6. The summed E-state index contributed by atoms with van der Waals surface area (Å²) in [5.41, 5.74) is 22.7. The summed E-state index contributed by atoms with van der Waals surface area (Å²) in [6, 6.07) is 106. The normalized spacial score (nSPS) is 12.9. The monoisotopic (exact) mass is 1030 g/mol. The molecule has 15 rings (SSSR count). The number of nitrogens with one attached hydrogen (secondary N) is 1. The smallest absolute Gasteiger partial charge is 0.145 e. The van der Waals surface area contributed by atoms with Gasteiger partial charge in [-0.05, 0) is 153 Å². The predicted octanol–water partition coefficient (Wildman–Crippen LogP) is 20.0. The van der Waals surface area contributed by atoms with Gasteiger partial charge in [-0.2, -0.15) is 0 Å². The van der Waals surface area contributed by atoms with Crippen LogP contribution in [0.15, 0.2) is 302 Å². The first-order valence-corrected chi connectivity index (χ1v) is 27.2. The van der Waals surface area contributed by atoms with E-state index in [1.54, 1.807) is 0 Å². The number of furan rings is 1. The van der Waals surface area contributed by atoms with Crippen LogP contribution >= 0.6 is 0 Å². The van der Waals surface area contributed by atoms with Gasteiger partial charge in [-0.1, -0.05) is 188 Å². The maximum Gasteiger partial charge on any atom is 0.145 e. The van der Waals surface area contributed by atoms with Crippen LogP contribution in [0, 0.1) is 0 Å². The maximum absolute atomic E-state index is 6.47. The standard InChI is InChI=1S/C74H51N5O/c1-5-17-52(18-6-1)73-75-67-47-58(35-43-69(67)78(73)60-25-9-3-10-26-60)56-23-15-21-54(45-56)50-31-37-62(38-32-50)77(64-41-42-66-65-29-13-14-30-71(65)80-72(66)49-64)63-39-33-51(34-40-63)55-22-16-24-57(46-55)59-36-44-70-68(48-59)76-74(53-19-7-2-8-20-53)79(70)61-27-11-4-12-28-61/h1-49,73,75H. The lowest BCUT2D eigenvalue weighted by Crippen LogP contribution is -2.23. The Kier molecular flexibility index (Phi) is 11.5. The molecule has 6 heteroatoms. The fraction of sp³-hybridized carbons (Fsp3) is 0.0135. The van der Waals surface area contributed by atoms with Crippen LogP contribution in [0.3, 0.4) is 0 Å². The molecule has 6 nitrogen and oxygen atoms in total. The summed E-state index contributed by atoms with van der Waals surface area (Å²) in [5, 5.41) is 6.07. The number of imidazole rings is 1. The topological polar surface area (TPSA) is 49.5 Å². The van der Waals surface area contributed by atoms with Crippen molar-refractivity contribution in [2.24, 2.45) is 0 Å². The van der Waals surface area contributed by atoms with Crippen LogP contribution in [0.25, 0.3) is 94.6 Å². The van der Waals surface area contributed by atoms with Crippen molar-refractivity contribution in [2.75, 3.05) is 15.1 Å². The molecule has 12 aromatic carbocycles. The summed E-state index contributed by atoms with van der Waals surface area (Å²) in [6.07, 6.45) is -0.0233. The second-order valence-corrected chi connectivity index (χ2v) is 20.4. The third-order valence-electron chi connectivity index (χ3n) is 15.6. The number of benzene rings is 12. The van der Waals surface area contributed by atoms with Crippen LogP contribution in [0.1, 0.15) is 11.7 Å². The van der Waals surface area contributed by atoms with Crippen LogP contribution in [0.2, 0.25) is 0 Å². The molecule has 1 unspecified atom stereocenters. The molecule has 0 saturated heterocycles. The summed E-state index contributed by atoms with van der Waals surface area (Å²) in [6.45, 7) is 0. The summed E-state index contributed by atoms with van der Waals surface area (Å²) in [7, 11) is 0. The molecule has 0 amide bonds. The van der Waals surface area contributed by atoms with Crippen molar-refractivity contribution < 1.29 is 4.42 Å². The molecular formula is C74H51N5O. The SMILES string of the molecule is c1ccc(-c2nc3cc(-c4cccc(-c5ccc(N(c6ccc(-c7cccc(-c8ccc9c(c8)NC(c8ccccc8)N9c8ccccc8)c7)cc6)c6ccc7c(c6)oc6ccccc67)cc5)c4)ccc3n2-c2ccccc2)cc1. The molecule has 0 saturated carbocycles. The van der Waals surface area contributed by atoms with Gasteiger partial charge in [0.1, 0.15) is 23.2 Å². The minimum absolute atomic E-state index is 0.0233. The van der Waals surface area contributed by atoms with Gasteiger partial charge < -0.3 is 19.5 Å². The zero-order valence-corrected chi connectivity index (χ0v) is 43.6. The van der Waals surface area contributed by atoms with Crippen molar-refractivity contribution in [1.82, 2.24) is 9.55 Å². The average Bonchev–Trinajstić information content (AvgIpc) is 4.26. The zero-order chi connectivity index (χ0) is 52.9. The maximum atomic E-state index is 6.47. The number of hydrogen-bond donors (Lipinski definition) is 1. The molecule has 80 heavy (non-hydrogen) atoms. The Balaban J connectivity index is 0.744. The Morgan fingerprint density at radius 3 is 1.52 bits per heavy atom. The summed E-state index contributed by atoms with van der Waals surface area (Å²) < 4.78 is 8.73. The minimum Gasteiger partial charge on any atom is -0.456 e. The molecule has 3 heterocycles.